The van der Waals surface area contributed by atoms with E-state index in [9.17, 15) is 4.79 Å². The van der Waals surface area contributed by atoms with Crippen molar-refractivity contribution in [1.29, 1.82) is 0 Å². The van der Waals surface area contributed by atoms with Crippen molar-refractivity contribution < 1.29 is 41.3 Å². The van der Waals surface area contributed by atoms with E-state index in [0.717, 1.165) is 17.5 Å². The smallest absolute Gasteiger partial charge is 0.418 e. The van der Waals surface area contributed by atoms with Crippen LogP contribution in [0.4, 0.5) is 34.0 Å². The molecular formula is C45H46Cl2F4N6O5. The summed E-state index contributed by atoms with van der Waals surface area (Å²) in [6.07, 6.45) is -4.69. The number of aryl methyl sites for hydroxylation is 1. The zero-order chi connectivity index (χ0) is 44.4. The lowest BCUT2D eigenvalue weighted by molar-refractivity contribution is -0.137. The number of fused-ring (bicyclic) bond motifs is 2. The van der Waals surface area contributed by atoms with Gasteiger partial charge in [-0.25, -0.2) is 19.2 Å². The molecule has 0 saturated carbocycles. The monoisotopic (exact) mass is 896 g/mol. The first kappa shape index (κ1) is 43.4. The highest BCUT2D eigenvalue weighted by atomic mass is 35.5. The lowest BCUT2D eigenvalue weighted by Gasteiger charge is -2.38. The number of halogens is 6. The Morgan fingerprint density at radius 1 is 0.919 bits per heavy atom. The Morgan fingerprint density at radius 3 is 2.10 bits per heavy atom. The van der Waals surface area contributed by atoms with E-state index in [1.54, 1.807) is 69.1 Å². The van der Waals surface area contributed by atoms with Crippen molar-refractivity contribution in [3.63, 3.8) is 0 Å². The Labute approximate surface area is 366 Å². The van der Waals surface area contributed by atoms with Crippen LogP contribution in [0.1, 0.15) is 62.8 Å². The number of rotatable bonds is 8. The number of hydrogen-bond donors (Lipinski definition) is 0. The third kappa shape index (κ3) is 8.21. The van der Waals surface area contributed by atoms with E-state index in [2.05, 4.69) is 15.0 Å². The van der Waals surface area contributed by atoms with E-state index in [1.807, 2.05) is 36.1 Å². The van der Waals surface area contributed by atoms with Crippen molar-refractivity contribution in [2.75, 3.05) is 37.1 Å². The summed E-state index contributed by atoms with van der Waals surface area (Å²) >= 11 is 13.8. The molecule has 0 radical (unpaired) electrons. The van der Waals surface area contributed by atoms with Gasteiger partial charge in [0.25, 0.3) is 0 Å². The van der Waals surface area contributed by atoms with Crippen molar-refractivity contribution in [3.8, 4) is 28.5 Å². The summed E-state index contributed by atoms with van der Waals surface area (Å²) in [5.41, 5.74) is -2.22. The van der Waals surface area contributed by atoms with Crippen molar-refractivity contribution in [1.82, 2.24) is 19.9 Å². The molecule has 9 rings (SSSR count). The molecule has 17 heteroatoms. The fourth-order valence-corrected chi connectivity index (χ4v) is 9.50. The van der Waals surface area contributed by atoms with E-state index in [1.165, 1.54) is 13.0 Å². The third-order valence-corrected chi connectivity index (χ3v) is 12.3. The number of hydrogen-bond acceptors (Lipinski definition) is 10. The van der Waals surface area contributed by atoms with Crippen molar-refractivity contribution in [2.24, 2.45) is 5.92 Å². The average Bonchev–Trinajstić information content (AvgIpc) is 3.55. The highest BCUT2D eigenvalue weighted by molar-refractivity contribution is 6.37. The second-order valence-corrected chi connectivity index (χ2v) is 17.7. The van der Waals surface area contributed by atoms with Crippen molar-refractivity contribution in [3.05, 3.63) is 93.0 Å². The lowest BCUT2D eigenvalue weighted by atomic mass is 9.87. The first-order valence-corrected chi connectivity index (χ1v) is 21.0. The van der Waals surface area contributed by atoms with Crippen LogP contribution in [0.5, 0.6) is 17.2 Å². The maximum Gasteiger partial charge on any atom is 0.418 e. The standard InChI is InChI=1S/C45H46Cl2F4N6O5/c1-23-18-31(55(19-25-8-14-29(59-6)15-9-25)20-26-10-16-30(60-7)17-11-26)52-37(34(23)45(49,50)51)32-35(46)40-33-38(36(32)48)53-42(47)54-41(33)57-22-28-13-12-27(39(57)24(2)61-40)21-56(28)43(58)62-44(3,4)5/h8-11,14-18,24,27-28,39H,12-13,19-22H2,1-7H3/t24-,27+,28+,39+/m0/s1. The Bertz CT molecular complexity index is 2470. The number of aromatic nitrogens is 3. The minimum Gasteiger partial charge on any atom is -0.497 e. The van der Waals surface area contributed by atoms with E-state index >= 15 is 17.6 Å². The van der Waals surface area contributed by atoms with Gasteiger partial charge in [0.15, 0.2) is 11.6 Å². The summed E-state index contributed by atoms with van der Waals surface area (Å²) in [6, 6.07) is 15.2. The molecule has 2 aromatic heterocycles. The predicted molar refractivity (Wildman–Crippen MR) is 229 cm³/mol. The molecule has 3 saturated heterocycles. The number of nitrogens with zero attached hydrogens (tertiary/aromatic N) is 6. The first-order valence-electron chi connectivity index (χ1n) is 20.3. The fourth-order valence-electron chi connectivity index (χ4n) is 9.02. The van der Waals surface area contributed by atoms with Gasteiger partial charge in [-0.15, -0.1) is 0 Å². The number of alkyl halides is 3. The highest BCUT2D eigenvalue weighted by Crippen LogP contribution is 2.52. The number of anilines is 2. The molecule has 4 aliphatic heterocycles. The van der Waals surface area contributed by atoms with Gasteiger partial charge in [-0.2, -0.15) is 18.2 Å². The van der Waals surface area contributed by atoms with Gasteiger partial charge in [0, 0.05) is 32.1 Å². The van der Waals surface area contributed by atoms with Crippen molar-refractivity contribution >= 4 is 51.8 Å². The van der Waals surface area contributed by atoms with Gasteiger partial charge in [-0.3, -0.25) is 0 Å². The summed E-state index contributed by atoms with van der Waals surface area (Å²) in [7, 11) is 3.11. The van der Waals surface area contributed by atoms with E-state index in [4.69, 9.17) is 42.1 Å². The van der Waals surface area contributed by atoms with Gasteiger partial charge < -0.3 is 33.6 Å². The molecule has 62 heavy (non-hydrogen) atoms. The van der Waals surface area contributed by atoms with Crippen LogP contribution >= 0.6 is 23.2 Å². The Kier molecular flexibility index (Phi) is 11.5. The molecule has 0 unspecified atom stereocenters. The number of carbonyl (C=O) groups excluding carboxylic acids is 1. The number of piperidine rings is 1. The molecule has 0 aliphatic carbocycles. The SMILES string of the molecule is COc1ccc(CN(Cc2ccc(OC)cc2)c2cc(C)c(C(F)(F)F)c(-c3c(Cl)c4c5c(nc(Cl)nc5c3F)N3C[C@H]5CC[C@H](CN5C(=O)OC(C)(C)C)[C@H]3[C@H](C)O4)n2)cc1. The summed E-state index contributed by atoms with van der Waals surface area (Å²) in [4.78, 5) is 32.5. The minimum absolute atomic E-state index is 0.0576. The highest BCUT2D eigenvalue weighted by Gasteiger charge is 2.49. The molecule has 3 fully saturated rings. The molecule has 0 spiro atoms. The molecular weight excluding hydrogens is 851 g/mol. The topological polar surface area (TPSA) is 102 Å². The van der Waals surface area contributed by atoms with Crippen LogP contribution in [-0.2, 0) is 24.0 Å². The number of ether oxygens (including phenoxy) is 4. The first-order chi connectivity index (χ1) is 29.3. The summed E-state index contributed by atoms with van der Waals surface area (Å²) in [5.74, 6) is 0.190. The molecule has 3 aromatic carbocycles. The Hall–Kier alpha value is -5.28. The molecule has 328 valence electrons. The average molecular weight is 898 g/mol. The Morgan fingerprint density at radius 2 is 1.53 bits per heavy atom. The lowest BCUT2D eigenvalue weighted by Crippen LogP contribution is -2.50. The van der Waals surface area contributed by atoms with Gasteiger partial charge >= 0.3 is 12.3 Å². The van der Waals surface area contributed by atoms with Crippen LogP contribution in [-0.4, -0.2) is 77.0 Å². The zero-order valence-corrected chi connectivity index (χ0v) is 36.8. The van der Waals surface area contributed by atoms with Crippen LogP contribution < -0.4 is 24.0 Å². The maximum atomic E-state index is 17.6. The van der Waals surface area contributed by atoms with Crippen LogP contribution in [0.2, 0.25) is 10.3 Å². The largest absolute Gasteiger partial charge is 0.497 e. The molecule has 4 aliphatic rings. The maximum absolute atomic E-state index is 17.6. The molecule has 2 bridgehead atoms. The van der Waals surface area contributed by atoms with Crippen LogP contribution in [0.25, 0.3) is 22.2 Å². The normalized spacial score (nSPS) is 19.7. The fraction of sp³-hybridized carbons (Fsp3) is 0.422. The number of benzene rings is 3. The van der Waals surface area contributed by atoms with Crippen LogP contribution in [0, 0.1) is 18.7 Å². The van der Waals surface area contributed by atoms with Gasteiger partial charge in [0.2, 0.25) is 5.28 Å². The molecule has 6 heterocycles. The second kappa shape index (κ2) is 16.4. The minimum atomic E-state index is -4.98. The number of carbonyl (C=O) groups is 1. The predicted octanol–water partition coefficient (Wildman–Crippen LogP) is 10.7. The second-order valence-electron chi connectivity index (χ2n) is 17.0. The zero-order valence-electron chi connectivity index (χ0n) is 35.2. The van der Waals surface area contributed by atoms with Gasteiger partial charge in [0.1, 0.15) is 40.4 Å². The molecule has 11 nitrogen and oxygen atoms in total. The molecule has 4 atom stereocenters. The van der Waals surface area contributed by atoms with Crippen molar-refractivity contribution in [2.45, 2.75) is 90.5 Å². The Balaban J connectivity index is 1.29. The number of pyridine rings is 1. The van der Waals surface area contributed by atoms with Gasteiger partial charge in [0.05, 0.1) is 53.5 Å². The summed E-state index contributed by atoms with van der Waals surface area (Å²) < 4.78 is 86.7. The summed E-state index contributed by atoms with van der Waals surface area (Å²) in [5, 5.41) is -0.695. The van der Waals surface area contributed by atoms with Gasteiger partial charge in [-0.05, 0) is 106 Å². The molecule has 5 aromatic rings. The third-order valence-electron chi connectivity index (χ3n) is 11.7. The van der Waals surface area contributed by atoms with E-state index < -0.39 is 57.7 Å². The molecule has 0 N–H and O–H groups in total. The van der Waals surface area contributed by atoms with Gasteiger partial charge in [-0.1, -0.05) is 35.9 Å². The number of methoxy groups -OCH3 is 2. The van der Waals surface area contributed by atoms with E-state index in [-0.39, 0.29) is 70.7 Å². The van der Waals surface area contributed by atoms with Crippen LogP contribution in [0.15, 0.2) is 54.6 Å². The molecule has 1 amide bonds. The van der Waals surface area contributed by atoms with Crippen LogP contribution in [0.3, 0.4) is 0 Å². The summed E-state index contributed by atoms with van der Waals surface area (Å²) in [6.45, 7) is 9.60. The quantitative estimate of drug-likeness (QED) is 0.110. The number of amides is 1. The van der Waals surface area contributed by atoms with E-state index in [0.29, 0.717) is 24.5 Å².